The second kappa shape index (κ2) is 10.2. The van der Waals surface area contributed by atoms with Crippen LogP contribution >= 0.6 is 0 Å². The first kappa shape index (κ1) is 19.5. The molecule has 25 heavy (non-hydrogen) atoms. The third-order valence-electron chi connectivity index (χ3n) is 5.18. The van der Waals surface area contributed by atoms with Gasteiger partial charge in [0.1, 0.15) is 0 Å². The smallest absolute Gasteiger partial charge is 0.209 e. The molecule has 1 aromatic carbocycles. The Balaban J connectivity index is 0.000000165. The van der Waals surface area contributed by atoms with Crippen LogP contribution in [0.5, 0.6) is 0 Å². The molecule has 3 fully saturated rings. The minimum absolute atomic E-state index is 0.759. The highest BCUT2D eigenvalue weighted by Gasteiger charge is 2.27. The van der Waals surface area contributed by atoms with Gasteiger partial charge in [-0.05, 0) is 49.3 Å². The highest BCUT2D eigenvalue weighted by Crippen LogP contribution is 2.39. The number of piperazine rings is 1. The summed E-state index contributed by atoms with van der Waals surface area (Å²) >= 11 is 0. The van der Waals surface area contributed by atoms with Crippen LogP contribution in [0, 0.1) is 11.3 Å². The first-order valence-corrected chi connectivity index (χ1v) is 9.73. The lowest BCUT2D eigenvalue weighted by atomic mass is 9.91. The number of rotatable bonds is 3. The molecule has 2 aliphatic carbocycles. The molecule has 0 bridgehead atoms. The first-order valence-electron chi connectivity index (χ1n) is 9.73. The monoisotopic (exact) mass is 341 g/mol. The van der Waals surface area contributed by atoms with E-state index < -0.39 is 0 Å². The summed E-state index contributed by atoms with van der Waals surface area (Å²) in [6.07, 6.45) is 7.77. The van der Waals surface area contributed by atoms with Gasteiger partial charge in [0.25, 0.3) is 0 Å². The lowest BCUT2D eigenvalue weighted by molar-refractivity contribution is -0.120. The standard InChI is InChI=1S/C10H9N.C9H16N2O.C2H6/c11-7-8-1-3-9(4-2-8)10-5-6-10;12-8-10-4-6-11(7-5-10)9-2-1-3-9;1-2/h1-4,10H,5-6H2;8-9H,1-7H2;1-2H3. The van der Waals surface area contributed by atoms with Crippen LogP contribution in [0.3, 0.4) is 0 Å². The summed E-state index contributed by atoms with van der Waals surface area (Å²) in [7, 11) is 0. The molecular weight excluding hydrogens is 310 g/mol. The van der Waals surface area contributed by atoms with Gasteiger partial charge in [0.15, 0.2) is 0 Å². The minimum atomic E-state index is 0.759. The van der Waals surface area contributed by atoms with Gasteiger partial charge in [0, 0.05) is 32.2 Å². The van der Waals surface area contributed by atoms with Gasteiger partial charge in [0.05, 0.1) is 11.6 Å². The summed E-state index contributed by atoms with van der Waals surface area (Å²) in [5, 5.41) is 8.53. The van der Waals surface area contributed by atoms with Crippen molar-refractivity contribution in [1.82, 2.24) is 9.80 Å². The zero-order chi connectivity index (χ0) is 18.1. The molecule has 4 rings (SSSR count). The topological polar surface area (TPSA) is 47.3 Å². The maximum Gasteiger partial charge on any atom is 0.209 e. The van der Waals surface area contributed by atoms with Crippen LogP contribution in [-0.4, -0.2) is 48.4 Å². The van der Waals surface area contributed by atoms with Gasteiger partial charge in [-0.3, -0.25) is 9.69 Å². The molecule has 4 heteroatoms. The van der Waals surface area contributed by atoms with Crippen LogP contribution in [-0.2, 0) is 4.79 Å². The van der Waals surface area contributed by atoms with E-state index in [4.69, 9.17) is 5.26 Å². The number of carbonyl (C=O) groups is 1. The van der Waals surface area contributed by atoms with Crippen LogP contribution in [0.2, 0.25) is 0 Å². The van der Waals surface area contributed by atoms with E-state index in [-0.39, 0.29) is 0 Å². The van der Waals surface area contributed by atoms with Crippen molar-refractivity contribution in [3.05, 3.63) is 35.4 Å². The largest absolute Gasteiger partial charge is 0.343 e. The molecule has 0 aromatic heterocycles. The van der Waals surface area contributed by atoms with Crippen LogP contribution in [0.25, 0.3) is 0 Å². The average Bonchev–Trinajstić information content (AvgIpc) is 3.48. The molecule has 1 amide bonds. The van der Waals surface area contributed by atoms with Crippen molar-refractivity contribution in [2.75, 3.05) is 26.2 Å². The van der Waals surface area contributed by atoms with Crippen molar-refractivity contribution < 1.29 is 4.79 Å². The van der Waals surface area contributed by atoms with Gasteiger partial charge >= 0.3 is 0 Å². The number of carbonyl (C=O) groups excluding carboxylic acids is 1. The number of nitrogens with zero attached hydrogens (tertiary/aromatic N) is 3. The maximum atomic E-state index is 10.4. The van der Waals surface area contributed by atoms with E-state index in [2.05, 4.69) is 23.1 Å². The Morgan fingerprint density at radius 1 is 1.00 bits per heavy atom. The number of hydrogen-bond donors (Lipinski definition) is 0. The number of hydrogen-bond acceptors (Lipinski definition) is 3. The fourth-order valence-corrected chi connectivity index (χ4v) is 3.21. The summed E-state index contributed by atoms with van der Waals surface area (Å²) < 4.78 is 0. The Morgan fingerprint density at radius 3 is 2.00 bits per heavy atom. The molecular formula is C21H31N3O. The minimum Gasteiger partial charge on any atom is -0.343 e. The van der Waals surface area contributed by atoms with E-state index in [1.165, 1.54) is 37.7 Å². The van der Waals surface area contributed by atoms with Crippen molar-refractivity contribution >= 4 is 6.41 Å². The van der Waals surface area contributed by atoms with Crippen molar-refractivity contribution in [1.29, 1.82) is 5.26 Å². The summed E-state index contributed by atoms with van der Waals surface area (Å²) in [6, 6.07) is 10.9. The molecule has 1 saturated heterocycles. The number of amides is 1. The van der Waals surface area contributed by atoms with Gasteiger partial charge in [0.2, 0.25) is 6.41 Å². The predicted octanol–water partition coefficient (Wildman–Crippen LogP) is 3.77. The van der Waals surface area contributed by atoms with E-state index >= 15 is 0 Å². The SMILES string of the molecule is CC.N#Cc1ccc(C2CC2)cc1.O=CN1CCN(C2CCC2)CC1. The summed E-state index contributed by atoms with van der Waals surface area (Å²) in [6.45, 7) is 8.03. The van der Waals surface area contributed by atoms with Gasteiger partial charge in [-0.2, -0.15) is 5.26 Å². The van der Waals surface area contributed by atoms with Crippen LogP contribution < -0.4 is 0 Å². The lowest BCUT2D eigenvalue weighted by Gasteiger charge is -2.42. The normalized spacial score (nSPS) is 20.1. The molecule has 1 aromatic rings. The number of benzene rings is 1. The van der Waals surface area contributed by atoms with Gasteiger partial charge in [-0.1, -0.05) is 32.4 Å². The van der Waals surface area contributed by atoms with Gasteiger partial charge in [-0.15, -0.1) is 0 Å². The van der Waals surface area contributed by atoms with Gasteiger partial charge < -0.3 is 4.90 Å². The third kappa shape index (κ3) is 5.86. The maximum absolute atomic E-state index is 10.4. The van der Waals surface area contributed by atoms with Crippen LogP contribution in [0.4, 0.5) is 0 Å². The molecule has 0 N–H and O–H groups in total. The van der Waals surface area contributed by atoms with Gasteiger partial charge in [-0.25, -0.2) is 0 Å². The molecule has 0 atom stereocenters. The van der Waals surface area contributed by atoms with E-state index in [9.17, 15) is 4.79 Å². The Kier molecular flexibility index (Phi) is 7.94. The Morgan fingerprint density at radius 2 is 1.60 bits per heavy atom. The van der Waals surface area contributed by atoms with Crippen molar-refractivity contribution in [2.45, 2.75) is 57.9 Å². The van der Waals surface area contributed by atoms with Crippen LogP contribution in [0.15, 0.2) is 24.3 Å². The van der Waals surface area contributed by atoms with Crippen molar-refractivity contribution in [2.24, 2.45) is 0 Å². The van der Waals surface area contributed by atoms with E-state index in [1.807, 2.05) is 30.9 Å². The number of nitriles is 1. The average molecular weight is 341 g/mol. The summed E-state index contributed by atoms with van der Waals surface area (Å²) in [5.74, 6) is 0.794. The molecule has 0 unspecified atom stereocenters. The molecule has 136 valence electrons. The first-order chi connectivity index (χ1) is 12.3. The van der Waals surface area contributed by atoms with E-state index in [0.29, 0.717) is 0 Å². The molecule has 1 aliphatic heterocycles. The zero-order valence-corrected chi connectivity index (χ0v) is 15.7. The third-order valence-corrected chi connectivity index (χ3v) is 5.18. The Bertz CT molecular complexity index is 547. The zero-order valence-electron chi connectivity index (χ0n) is 15.7. The Labute approximate surface area is 152 Å². The molecule has 0 radical (unpaired) electrons. The second-order valence-electron chi connectivity index (χ2n) is 6.77. The van der Waals surface area contributed by atoms with Crippen molar-refractivity contribution in [3.8, 4) is 6.07 Å². The van der Waals surface area contributed by atoms with Crippen LogP contribution in [0.1, 0.15) is 63.0 Å². The second-order valence-corrected chi connectivity index (χ2v) is 6.77. The fourth-order valence-electron chi connectivity index (χ4n) is 3.21. The molecule has 4 nitrogen and oxygen atoms in total. The quantitative estimate of drug-likeness (QED) is 0.786. The van der Waals surface area contributed by atoms with E-state index in [0.717, 1.165) is 50.1 Å². The molecule has 0 spiro atoms. The summed E-state index contributed by atoms with van der Waals surface area (Å²) in [5.41, 5.74) is 2.15. The lowest BCUT2D eigenvalue weighted by Crippen LogP contribution is -2.51. The predicted molar refractivity (Wildman–Crippen MR) is 101 cm³/mol. The fraction of sp³-hybridized carbons (Fsp3) is 0.619. The highest BCUT2D eigenvalue weighted by atomic mass is 16.1. The summed E-state index contributed by atoms with van der Waals surface area (Å²) in [4.78, 5) is 14.8. The molecule has 1 heterocycles. The molecule has 3 aliphatic rings. The van der Waals surface area contributed by atoms with E-state index in [1.54, 1.807) is 0 Å². The van der Waals surface area contributed by atoms with Crippen molar-refractivity contribution in [3.63, 3.8) is 0 Å². The molecule has 2 saturated carbocycles. The Hall–Kier alpha value is -1.86. The highest BCUT2D eigenvalue weighted by molar-refractivity contribution is 5.47.